The molecule has 0 amide bonds. The lowest BCUT2D eigenvalue weighted by molar-refractivity contribution is 0.374. The Bertz CT molecular complexity index is 731. The van der Waals surface area contributed by atoms with E-state index in [0.29, 0.717) is 21.2 Å². The van der Waals surface area contributed by atoms with Gasteiger partial charge in [0.15, 0.2) is 0 Å². The number of ether oxygens (including phenoxy) is 1. The molecule has 2 heterocycles. The summed E-state index contributed by atoms with van der Waals surface area (Å²) in [5.41, 5.74) is 2.35. The van der Waals surface area contributed by atoms with Gasteiger partial charge in [-0.3, -0.25) is 4.79 Å². The zero-order valence-electron chi connectivity index (χ0n) is 11.5. The van der Waals surface area contributed by atoms with E-state index in [1.165, 1.54) is 0 Å². The summed E-state index contributed by atoms with van der Waals surface area (Å²) in [5, 5.41) is 4.33. The number of aryl methyl sites for hydroxylation is 2. The molecule has 0 bridgehead atoms. The normalized spacial score (nSPS) is 14.6. The van der Waals surface area contributed by atoms with Crippen molar-refractivity contribution in [3.8, 4) is 17.3 Å². The van der Waals surface area contributed by atoms with Crippen LogP contribution in [0, 0.1) is 10.5 Å². The van der Waals surface area contributed by atoms with Crippen molar-refractivity contribution in [2.45, 2.75) is 25.7 Å². The van der Waals surface area contributed by atoms with E-state index in [-0.39, 0.29) is 5.56 Å². The predicted octanol–water partition coefficient (Wildman–Crippen LogP) is 1.97. The van der Waals surface area contributed by atoms with Crippen molar-refractivity contribution in [2.24, 2.45) is 7.05 Å². The summed E-state index contributed by atoms with van der Waals surface area (Å²) in [7, 11) is 3.40. The highest BCUT2D eigenvalue weighted by atomic mass is 127. The van der Waals surface area contributed by atoms with E-state index in [9.17, 15) is 4.79 Å². The summed E-state index contributed by atoms with van der Waals surface area (Å²) in [5.74, 6) is 1.57. The molecule has 3 rings (SSSR count). The first-order valence-electron chi connectivity index (χ1n) is 6.40. The minimum atomic E-state index is -0.0946. The highest BCUT2D eigenvalue weighted by Crippen LogP contribution is 2.41. The summed E-state index contributed by atoms with van der Waals surface area (Å²) >= 11 is 2.07. The lowest BCUT2D eigenvalue weighted by Crippen LogP contribution is -2.16. The number of rotatable bonds is 3. The van der Waals surface area contributed by atoms with Gasteiger partial charge in [0.05, 0.1) is 22.1 Å². The number of hydrogen-bond acceptors (Lipinski definition) is 4. The van der Waals surface area contributed by atoms with E-state index in [1.54, 1.807) is 11.8 Å². The molecule has 7 heteroatoms. The number of nitrogens with zero attached hydrogens (tertiary/aromatic N) is 3. The second-order valence-corrected chi connectivity index (χ2v) is 6.06. The van der Waals surface area contributed by atoms with Gasteiger partial charge in [0.2, 0.25) is 5.88 Å². The van der Waals surface area contributed by atoms with Gasteiger partial charge in [-0.2, -0.15) is 5.10 Å². The maximum absolute atomic E-state index is 12.1. The molecule has 0 aromatic carbocycles. The van der Waals surface area contributed by atoms with Crippen LogP contribution in [0.4, 0.5) is 0 Å². The third-order valence-electron chi connectivity index (χ3n) is 3.45. The van der Waals surface area contributed by atoms with Crippen molar-refractivity contribution in [2.75, 3.05) is 7.11 Å². The molecule has 2 aromatic rings. The molecular weight excluding hydrogens is 371 g/mol. The van der Waals surface area contributed by atoms with Crippen LogP contribution in [0.25, 0.3) is 11.4 Å². The average molecular weight is 386 g/mol. The van der Waals surface area contributed by atoms with Gasteiger partial charge in [-0.05, 0) is 42.4 Å². The lowest BCUT2D eigenvalue weighted by Gasteiger charge is -2.07. The maximum atomic E-state index is 12.1. The van der Waals surface area contributed by atoms with Crippen molar-refractivity contribution in [3.05, 3.63) is 25.3 Å². The van der Waals surface area contributed by atoms with Crippen LogP contribution in [0.15, 0.2) is 4.79 Å². The molecule has 0 spiro atoms. The summed E-state index contributed by atoms with van der Waals surface area (Å²) in [6, 6.07) is 0. The van der Waals surface area contributed by atoms with Crippen LogP contribution in [0.2, 0.25) is 0 Å². The van der Waals surface area contributed by atoms with Gasteiger partial charge in [0, 0.05) is 13.0 Å². The van der Waals surface area contributed by atoms with E-state index >= 15 is 0 Å². The smallest absolute Gasteiger partial charge is 0.264 e. The molecule has 0 saturated heterocycles. The van der Waals surface area contributed by atoms with Gasteiger partial charge in [-0.15, -0.1) is 0 Å². The van der Waals surface area contributed by atoms with E-state index in [2.05, 4.69) is 37.7 Å². The Labute approximate surface area is 129 Å². The quantitative estimate of drug-likeness (QED) is 0.819. The van der Waals surface area contributed by atoms with Gasteiger partial charge >= 0.3 is 0 Å². The number of halogens is 1. The Morgan fingerprint density at radius 3 is 2.75 bits per heavy atom. The number of methoxy groups -OCH3 is 1. The van der Waals surface area contributed by atoms with Crippen molar-refractivity contribution >= 4 is 22.6 Å². The van der Waals surface area contributed by atoms with Crippen LogP contribution in [-0.2, 0) is 7.05 Å². The topological polar surface area (TPSA) is 72.8 Å². The number of H-pyrrole nitrogens is 1. The fourth-order valence-electron chi connectivity index (χ4n) is 2.37. The minimum Gasteiger partial charge on any atom is -0.481 e. The molecule has 106 valence electrons. The minimum absolute atomic E-state index is 0.0946. The summed E-state index contributed by atoms with van der Waals surface area (Å²) < 4.78 is 7.72. The Kier molecular flexibility index (Phi) is 3.31. The molecule has 1 aliphatic carbocycles. The van der Waals surface area contributed by atoms with Crippen molar-refractivity contribution in [1.82, 2.24) is 19.7 Å². The third kappa shape index (κ3) is 2.13. The number of nitrogens with one attached hydrogen (secondary N) is 1. The first-order chi connectivity index (χ1) is 9.52. The van der Waals surface area contributed by atoms with Gasteiger partial charge in [-0.25, -0.2) is 9.67 Å². The SMILES string of the molecule is COc1c(-c2nc(C3CC3)c(I)c(=O)[nH]2)c(C)nn1C. The molecule has 1 aliphatic rings. The Morgan fingerprint density at radius 1 is 1.45 bits per heavy atom. The molecule has 1 N–H and O–H groups in total. The molecule has 1 fully saturated rings. The third-order valence-corrected chi connectivity index (χ3v) is 4.49. The largest absolute Gasteiger partial charge is 0.481 e. The zero-order chi connectivity index (χ0) is 14.4. The average Bonchev–Trinajstić information content (AvgIpc) is 3.18. The maximum Gasteiger partial charge on any atom is 0.264 e. The second-order valence-electron chi connectivity index (χ2n) is 4.98. The molecule has 0 unspecified atom stereocenters. The molecule has 1 saturated carbocycles. The van der Waals surface area contributed by atoms with E-state index in [0.717, 1.165) is 29.8 Å². The number of aromatic nitrogens is 4. The predicted molar refractivity (Wildman–Crippen MR) is 83.0 cm³/mol. The van der Waals surface area contributed by atoms with E-state index in [4.69, 9.17) is 4.74 Å². The number of aromatic amines is 1. The van der Waals surface area contributed by atoms with Crippen molar-refractivity contribution in [1.29, 1.82) is 0 Å². The second kappa shape index (κ2) is 4.87. The van der Waals surface area contributed by atoms with Crippen molar-refractivity contribution < 1.29 is 4.74 Å². The van der Waals surface area contributed by atoms with Gasteiger partial charge in [0.1, 0.15) is 11.4 Å². The van der Waals surface area contributed by atoms with Gasteiger partial charge < -0.3 is 9.72 Å². The Balaban J connectivity index is 2.23. The first kappa shape index (κ1) is 13.6. The highest BCUT2D eigenvalue weighted by Gasteiger charge is 2.30. The van der Waals surface area contributed by atoms with Crippen molar-refractivity contribution in [3.63, 3.8) is 0 Å². The number of hydrogen-bond donors (Lipinski definition) is 1. The Morgan fingerprint density at radius 2 is 2.15 bits per heavy atom. The van der Waals surface area contributed by atoms with Crippen LogP contribution in [0.3, 0.4) is 0 Å². The highest BCUT2D eigenvalue weighted by molar-refractivity contribution is 14.1. The van der Waals surface area contributed by atoms with Crippen LogP contribution >= 0.6 is 22.6 Å². The molecule has 20 heavy (non-hydrogen) atoms. The van der Waals surface area contributed by atoms with Crippen LogP contribution in [0.5, 0.6) is 5.88 Å². The lowest BCUT2D eigenvalue weighted by atomic mass is 10.2. The zero-order valence-corrected chi connectivity index (χ0v) is 13.7. The summed E-state index contributed by atoms with van der Waals surface area (Å²) in [6.07, 6.45) is 2.21. The Hall–Kier alpha value is -1.38. The monoisotopic (exact) mass is 386 g/mol. The first-order valence-corrected chi connectivity index (χ1v) is 7.48. The molecule has 0 aliphatic heterocycles. The molecule has 0 atom stereocenters. The standard InChI is InChI=1S/C13H15IN4O2/c1-6-8(13(20-3)18(2)17-6)11-15-10(7-4-5-7)9(14)12(19)16-11/h7H,4-5H2,1-3H3,(H,15,16,19). The summed E-state index contributed by atoms with van der Waals surface area (Å²) in [6.45, 7) is 1.88. The fourth-order valence-corrected chi connectivity index (χ4v) is 3.06. The van der Waals surface area contributed by atoms with E-state index in [1.807, 2.05) is 14.0 Å². The molecule has 2 aromatic heterocycles. The fraction of sp³-hybridized carbons (Fsp3) is 0.462. The van der Waals surface area contributed by atoms with Gasteiger partial charge in [0.25, 0.3) is 5.56 Å². The van der Waals surface area contributed by atoms with Crippen LogP contribution in [0.1, 0.15) is 30.1 Å². The van der Waals surface area contributed by atoms with Crippen LogP contribution in [-0.4, -0.2) is 26.9 Å². The van der Waals surface area contributed by atoms with Crippen LogP contribution < -0.4 is 10.3 Å². The van der Waals surface area contributed by atoms with Gasteiger partial charge in [-0.1, -0.05) is 0 Å². The molecular formula is C13H15IN4O2. The van der Waals surface area contributed by atoms with E-state index < -0.39 is 0 Å². The summed E-state index contributed by atoms with van der Waals surface area (Å²) in [4.78, 5) is 19.6. The molecule has 6 nitrogen and oxygen atoms in total. The molecule has 0 radical (unpaired) electrons.